The molecule has 8 heteroatoms. The maximum absolute atomic E-state index is 10.9. The lowest BCUT2D eigenvalue weighted by molar-refractivity contribution is -0.393. The van der Waals surface area contributed by atoms with Gasteiger partial charge in [0.25, 0.3) is 5.69 Å². The predicted molar refractivity (Wildman–Crippen MR) is 75.9 cm³/mol. The maximum Gasteiger partial charge on any atom is 0.301 e. The quantitative estimate of drug-likeness (QED) is 0.488. The molecule has 0 amide bonds. The minimum absolute atomic E-state index is 0.128. The molecule has 20 heavy (non-hydrogen) atoms. The summed E-state index contributed by atoms with van der Waals surface area (Å²) in [4.78, 5) is 20.2. The van der Waals surface area contributed by atoms with Crippen molar-refractivity contribution in [1.82, 2.24) is 0 Å². The molecule has 1 aromatic rings. The molecule has 0 aromatic heterocycles. The summed E-state index contributed by atoms with van der Waals surface area (Å²) in [6, 6.07) is 3.39. The molecule has 0 saturated carbocycles. The van der Waals surface area contributed by atoms with Crippen molar-refractivity contribution < 1.29 is 9.85 Å². The zero-order valence-electron chi connectivity index (χ0n) is 11.5. The molecular formula is C12H16N4O4. The molecule has 1 N–H and O–H groups in total. The normalized spacial score (nSPS) is 12.8. The fourth-order valence-electron chi connectivity index (χ4n) is 1.43. The molecule has 0 aliphatic heterocycles. The number of rotatable bonds is 6. The van der Waals surface area contributed by atoms with Crippen LogP contribution in [0.1, 0.15) is 27.2 Å². The van der Waals surface area contributed by atoms with Crippen molar-refractivity contribution in [3.05, 3.63) is 38.4 Å². The Hall–Kier alpha value is -2.51. The number of benzene rings is 1. The van der Waals surface area contributed by atoms with Gasteiger partial charge in [-0.1, -0.05) is 13.8 Å². The first-order chi connectivity index (χ1) is 9.36. The summed E-state index contributed by atoms with van der Waals surface area (Å²) in [5, 5.41) is 25.6. The standard InChI is InChI=1S/C12H16N4O4/c1-4-8(2)9(3)13-14-11-6-5-10(15(17)18)7-12(11)16(19)20/h5-8,14H,4H2,1-3H3. The Bertz CT molecular complexity index is 556. The summed E-state index contributed by atoms with van der Waals surface area (Å²) < 4.78 is 0. The van der Waals surface area contributed by atoms with E-state index >= 15 is 0 Å². The van der Waals surface area contributed by atoms with E-state index in [1.54, 1.807) is 0 Å². The van der Waals surface area contributed by atoms with Gasteiger partial charge in [-0.05, 0) is 25.3 Å². The minimum atomic E-state index is -0.677. The molecule has 0 aliphatic carbocycles. The number of hydrogen-bond acceptors (Lipinski definition) is 6. The number of nitro groups is 2. The second kappa shape index (κ2) is 6.60. The van der Waals surface area contributed by atoms with E-state index in [-0.39, 0.29) is 23.0 Å². The number of hydrogen-bond donors (Lipinski definition) is 1. The van der Waals surface area contributed by atoms with Crippen molar-refractivity contribution in [1.29, 1.82) is 0 Å². The van der Waals surface area contributed by atoms with E-state index in [1.807, 2.05) is 20.8 Å². The first-order valence-corrected chi connectivity index (χ1v) is 6.09. The summed E-state index contributed by atoms with van der Waals surface area (Å²) in [5.74, 6) is 0.250. The van der Waals surface area contributed by atoms with Crippen molar-refractivity contribution in [3.8, 4) is 0 Å². The van der Waals surface area contributed by atoms with Crippen molar-refractivity contribution in [2.45, 2.75) is 27.2 Å². The van der Waals surface area contributed by atoms with Gasteiger partial charge in [0.15, 0.2) is 0 Å². The van der Waals surface area contributed by atoms with Gasteiger partial charge in [-0.25, -0.2) is 0 Å². The summed E-state index contributed by atoms with van der Waals surface area (Å²) in [6.07, 6.45) is 0.902. The minimum Gasteiger partial charge on any atom is -0.272 e. The third-order valence-electron chi connectivity index (χ3n) is 3.07. The zero-order chi connectivity index (χ0) is 15.3. The van der Waals surface area contributed by atoms with Crippen LogP contribution in [0.4, 0.5) is 17.1 Å². The zero-order valence-corrected chi connectivity index (χ0v) is 11.5. The molecular weight excluding hydrogens is 264 g/mol. The molecule has 1 atom stereocenters. The first kappa shape index (κ1) is 15.5. The molecule has 8 nitrogen and oxygen atoms in total. The topological polar surface area (TPSA) is 111 Å². The molecule has 108 valence electrons. The molecule has 0 radical (unpaired) electrons. The van der Waals surface area contributed by atoms with E-state index in [2.05, 4.69) is 10.5 Å². The van der Waals surface area contributed by atoms with Crippen LogP contribution in [0.3, 0.4) is 0 Å². The summed E-state index contributed by atoms with van der Waals surface area (Å²) in [7, 11) is 0. The summed E-state index contributed by atoms with van der Waals surface area (Å²) in [5.41, 5.74) is 2.83. The predicted octanol–water partition coefficient (Wildman–Crippen LogP) is 3.34. The number of nitro benzene ring substituents is 2. The molecule has 1 rings (SSSR count). The first-order valence-electron chi connectivity index (χ1n) is 6.09. The van der Waals surface area contributed by atoms with Crippen molar-refractivity contribution in [3.63, 3.8) is 0 Å². The highest BCUT2D eigenvalue weighted by molar-refractivity contribution is 5.85. The Morgan fingerprint density at radius 2 is 2.00 bits per heavy atom. The van der Waals surface area contributed by atoms with Gasteiger partial charge >= 0.3 is 5.69 Å². The van der Waals surface area contributed by atoms with Crippen LogP contribution in [-0.4, -0.2) is 15.6 Å². The largest absolute Gasteiger partial charge is 0.301 e. The maximum atomic E-state index is 10.9. The van der Waals surface area contributed by atoms with Crippen LogP contribution in [0.25, 0.3) is 0 Å². The van der Waals surface area contributed by atoms with E-state index in [0.29, 0.717) is 0 Å². The van der Waals surface area contributed by atoms with Gasteiger partial charge in [0.05, 0.1) is 15.9 Å². The van der Waals surface area contributed by atoms with Crippen LogP contribution in [0.5, 0.6) is 0 Å². The van der Waals surface area contributed by atoms with Gasteiger partial charge in [-0.3, -0.25) is 25.7 Å². The number of non-ortho nitro benzene ring substituents is 1. The Labute approximate surface area is 115 Å². The fraction of sp³-hybridized carbons (Fsp3) is 0.417. The number of nitrogens with zero attached hydrogens (tertiary/aromatic N) is 3. The van der Waals surface area contributed by atoms with Crippen LogP contribution in [0, 0.1) is 26.1 Å². The molecule has 0 bridgehead atoms. The number of hydrazone groups is 1. The smallest absolute Gasteiger partial charge is 0.272 e. The third kappa shape index (κ3) is 3.74. The molecule has 1 aromatic carbocycles. The average Bonchev–Trinajstić information content (AvgIpc) is 2.43. The van der Waals surface area contributed by atoms with Gasteiger partial charge < -0.3 is 0 Å². The lowest BCUT2D eigenvalue weighted by Gasteiger charge is -2.08. The molecule has 0 heterocycles. The number of nitrogens with one attached hydrogen (secondary N) is 1. The molecule has 0 fully saturated rings. The van der Waals surface area contributed by atoms with Crippen LogP contribution in [0.15, 0.2) is 23.3 Å². The van der Waals surface area contributed by atoms with Gasteiger partial charge in [-0.2, -0.15) is 5.10 Å². The lowest BCUT2D eigenvalue weighted by atomic mass is 10.1. The van der Waals surface area contributed by atoms with Crippen molar-refractivity contribution >= 4 is 22.8 Å². The lowest BCUT2D eigenvalue weighted by Crippen LogP contribution is -2.08. The number of anilines is 1. The average molecular weight is 280 g/mol. The fourth-order valence-corrected chi connectivity index (χ4v) is 1.43. The van der Waals surface area contributed by atoms with Gasteiger partial charge in [-0.15, -0.1) is 0 Å². The molecule has 0 saturated heterocycles. The molecule has 0 spiro atoms. The van der Waals surface area contributed by atoms with Gasteiger partial charge in [0.2, 0.25) is 0 Å². The molecule has 1 unspecified atom stereocenters. The Morgan fingerprint density at radius 3 is 2.50 bits per heavy atom. The van der Waals surface area contributed by atoms with E-state index in [1.165, 1.54) is 12.1 Å². The van der Waals surface area contributed by atoms with Gasteiger partial charge in [0.1, 0.15) is 5.69 Å². The van der Waals surface area contributed by atoms with Crippen molar-refractivity contribution in [2.24, 2.45) is 11.0 Å². The third-order valence-corrected chi connectivity index (χ3v) is 3.07. The van der Waals surface area contributed by atoms with E-state index in [9.17, 15) is 20.2 Å². The van der Waals surface area contributed by atoms with Crippen molar-refractivity contribution in [2.75, 3.05) is 5.43 Å². The highest BCUT2D eigenvalue weighted by atomic mass is 16.6. The summed E-state index contributed by atoms with van der Waals surface area (Å²) >= 11 is 0. The van der Waals surface area contributed by atoms with Crippen LogP contribution in [0.2, 0.25) is 0 Å². The van der Waals surface area contributed by atoms with Gasteiger partial charge in [0, 0.05) is 11.8 Å². The van der Waals surface area contributed by atoms with E-state index < -0.39 is 9.85 Å². The van der Waals surface area contributed by atoms with Crippen LogP contribution in [-0.2, 0) is 0 Å². The highest BCUT2D eigenvalue weighted by Crippen LogP contribution is 2.29. The molecule has 0 aliphatic rings. The Kier molecular flexibility index (Phi) is 5.13. The van der Waals surface area contributed by atoms with E-state index in [4.69, 9.17) is 0 Å². The monoisotopic (exact) mass is 280 g/mol. The Balaban J connectivity index is 3.07. The van der Waals surface area contributed by atoms with E-state index in [0.717, 1.165) is 18.2 Å². The van der Waals surface area contributed by atoms with Crippen LogP contribution < -0.4 is 5.43 Å². The second-order valence-electron chi connectivity index (χ2n) is 4.39. The highest BCUT2D eigenvalue weighted by Gasteiger charge is 2.19. The van der Waals surface area contributed by atoms with Crippen LogP contribution >= 0.6 is 0 Å². The summed E-state index contributed by atoms with van der Waals surface area (Å²) in [6.45, 7) is 5.82. The Morgan fingerprint density at radius 1 is 1.35 bits per heavy atom. The SMILES string of the molecule is CCC(C)C(C)=NNc1ccc([N+](=O)[O-])cc1[N+](=O)[O-]. The second-order valence-corrected chi connectivity index (χ2v) is 4.39.